The van der Waals surface area contributed by atoms with E-state index < -0.39 is 0 Å². The number of benzene rings is 2. The number of carbonyl (C=O) groups is 1. The van der Waals surface area contributed by atoms with Crippen LogP contribution in [0.15, 0.2) is 42.5 Å². The van der Waals surface area contributed by atoms with Crippen molar-refractivity contribution in [1.29, 1.82) is 0 Å². The molecule has 0 aromatic heterocycles. The number of hydrogen-bond donors (Lipinski definition) is 3. The molecule has 2 aromatic rings. The van der Waals surface area contributed by atoms with Gasteiger partial charge in [-0.25, -0.2) is 10.9 Å². The third kappa shape index (κ3) is 4.91. The maximum atomic E-state index is 12.4. The van der Waals surface area contributed by atoms with E-state index in [0.717, 1.165) is 11.1 Å². The molecule has 3 rings (SSSR count). The van der Waals surface area contributed by atoms with Gasteiger partial charge < -0.3 is 14.8 Å². The molecule has 1 heterocycles. The van der Waals surface area contributed by atoms with Crippen LogP contribution in [0.3, 0.4) is 0 Å². The van der Waals surface area contributed by atoms with Gasteiger partial charge in [0.15, 0.2) is 11.5 Å². The van der Waals surface area contributed by atoms with E-state index in [-0.39, 0.29) is 18.0 Å². The van der Waals surface area contributed by atoms with Gasteiger partial charge in [-0.15, -0.1) is 0 Å². The molecule has 1 fully saturated rings. The average Bonchev–Trinajstić information content (AvgIpc) is 3.18. The average molecular weight is 390 g/mol. The summed E-state index contributed by atoms with van der Waals surface area (Å²) in [4.78, 5) is 12.4. The fourth-order valence-corrected chi connectivity index (χ4v) is 3.26. The van der Waals surface area contributed by atoms with Gasteiger partial charge in [0.2, 0.25) is 5.91 Å². The minimum absolute atomic E-state index is 0.0144. The van der Waals surface area contributed by atoms with Crippen LogP contribution in [0, 0.1) is 0 Å². The van der Waals surface area contributed by atoms with Crippen LogP contribution in [0.1, 0.15) is 23.6 Å². The Bertz CT molecular complexity index is 783. The lowest BCUT2D eigenvalue weighted by Gasteiger charge is -2.12. The molecule has 2 atom stereocenters. The third-order valence-corrected chi connectivity index (χ3v) is 4.90. The molecule has 2 aromatic carbocycles. The summed E-state index contributed by atoms with van der Waals surface area (Å²) in [6.07, 6.45) is 1.40. The van der Waals surface area contributed by atoms with Crippen LogP contribution in [0.25, 0.3) is 0 Å². The summed E-state index contributed by atoms with van der Waals surface area (Å²) in [5, 5.41) is 3.69. The Labute approximate surface area is 164 Å². The molecule has 1 aliphatic rings. The topological polar surface area (TPSA) is 71.6 Å². The summed E-state index contributed by atoms with van der Waals surface area (Å²) in [5.41, 5.74) is 8.42. The fourth-order valence-electron chi connectivity index (χ4n) is 3.13. The Morgan fingerprint density at radius 1 is 1.11 bits per heavy atom. The van der Waals surface area contributed by atoms with Crippen molar-refractivity contribution in [2.75, 3.05) is 20.8 Å². The van der Waals surface area contributed by atoms with Gasteiger partial charge in [-0.3, -0.25) is 4.79 Å². The van der Waals surface area contributed by atoms with E-state index in [9.17, 15) is 4.79 Å². The molecular formula is C20H24ClN3O3. The van der Waals surface area contributed by atoms with Crippen molar-refractivity contribution in [2.45, 2.75) is 24.9 Å². The molecule has 2 unspecified atom stereocenters. The van der Waals surface area contributed by atoms with Gasteiger partial charge in [-0.05, 0) is 48.2 Å². The number of halogens is 1. The van der Waals surface area contributed by atoms with E-state index in [1.54, 1.807) is 14.2 Å². The van der Waals surface area contributed by atoms with Crippen LogP contribution < -0.4 is 25.6 Å². The van der Waals surface area contributed by atoms with E-state index in [0.29, 0.717) is 35.9 Å². The van der Waals surface area contributed by atoms with Crippen molar-refractivity contribution in [3.63, 3.8) is 0 Å². The van der Waals surface area contributed by atoms with E-state index in [4.69, 9.17) is 21.1 Å². The summed E-state index contributed by atoms with van der Waals surface area (Å²) in [6, 6.07) is 13.2. The number of carbonyl (C=O) groups excluding carboxylic acids is 1. The molecule has 0 spiro atoms. The largest absolute Gasteiger partial charge is 0.493 e. The maximum Gasteiger partial charge on any atom is 0.238 e. The molecule has 0 radical (unpaired) electrons. The smallest absolute Gasteiger partial charge is 0.238 e. The van der Waals surface area contributed by atoms with Crippen LogP contribution in [0.2, 0.25) is 5.02 Å². The van der Waals surface area contributed by atoms with Crippen LogP contribution >= 0.6 is 11.6 Å². The SMILES string of the molecule is COc1ccc(CCNC(=O)C2CC(c3ccc(Cl)cc3)NN2)cc1OC. The first-order valence-electron chi connectivity index (χ1n) is 8.86. The number of amides is 1. The Morgan fingerprint density at radius 2 is 1.85 bits per heavy atom. The number of hydrazine groups is 1. The minimum Gasteiger partial charge on any atom is -0.493 e. The predicted molar refractivity (Wildman–Crippen MR) is 105 cm³/mol. The second kappa shape index (κ2) is 9.08. The van der Waals surface area contributed by atoms with Crippen molar-refractivity contribution >= 4 is 17.5 Å². The molecule has 7 heteroatoms. The molecule has 1 amide bonds. The Kier molecular flexibility index (Phi) is 6.55. The third-order valence-electron chi connectivity index (χ3n) is 4.65. The molecule has 1 saturated heterocycles. The number of rotatable bonds is 7. The van der Waals surface area contributed by atoms with Crippen LogP contribution in [-0.2, 0) is 11.2 Å². The van der Waals surface area contributed by atoms with Gasteiger partial charge in [-0.1, -0.05) is 29.8 Å². The highest BCUT2D eigenvalue weighted by Gasteiger charge is 2.29. The zero-order valence-corrected chi connectivity index (χ0v) is 16.2. The lowest BCUT2D eigenvalue weighted by atomic mass is 10.0. The minimum atomic E-state index is -0.268. The quantitative estimate of drug-likeness (QED) is 0.679. The molecule has 3 N–H and O–H groups in total. The summed E-state index contributed by atoms with van der Waals surface area (Å²) in [7, 11) is 3.22. The Morgan fingerprint density at radius 3 is 2.56 bits per heavy atom. The van der Waals surface area contributed by atoms with Crippen molar-refractivity contribution in [3.05, 3.63) is 58.6 Å². The van der Waals surface area contributed by atoms with Gasteiger partial charge in [0.25, 0.3) is 0 Å². The highest BCUT2D eigenvalue weighted by Crippen LogP contribution is 2.27. The molecule has 0 bridgehead atoms. The maximum absolute atomic E-state index is 12.4. The van der Waals surface area contributed by atoms with Gasteiger partial charge >= 0.3 is 0 Å². The number of hydrogen-bond acceptors (Lipinski definition) is 5. The summed E-state index contributed by atoms with van der Waals surface area (Å²) < 4.78 is 10.5. The first-order valence-corrected chi connectivity index (χ1v) is 9.23. The summed E-state index contributed by atoms with van der Waals surface area (Å²) in [5.74, 6) is 1.37. The molecule has 144 valence electrons. The summed E-state index contributed by atoms with van der Waals surface area (Å²) >= 11 is 5.93. The zero-order chi connectivity index (χ0) is 19.2. The molecular weight excluding hydrogens is 366 g/mol. The van der Waals surface area contributed by atoms with E-state index in [2.05, 4.69) is 16.2 Å². The van der Waals surface area contributed by atoms with Crippen molar-refractivity contribution in [1.82, 2.24) is 16.2 Å². The molecule has 6 nitrogen and oxygen atoms in total. The van der Waals surface area contributed by atoms with Crippen LogP contribution in [-0.4, -0.2) is 32.7 Å². The Hall–Kier alpha value is -2.28. The molecule has 1 aliphatic heterocycles. The second-order valence-corrected chi connectivity index (χ2v) is 6.85. The van der Waals surface area contributed by atoms with Gasteiger partial charge in [-0.2, -0.15) is 0 Å². The van der Waals surface area contributed by atoms with Gasteiger partial charge in [0, 0.05) is 17.6 Å². The highest BCUT2D eigenvalue weighted by molar-refractivity contribution is 6.30. The zero-order valence-electron chi connectivity index (χ0n) is 15.4. The highest BCUT2D eigenvalue weighted by atomic mass is 35.5. The van der Waals surface area contributed by atoms with Gasteiger partial charge in [0.05, 0.1) is 14.2 Å². The molecule has 0 saturated carbocycles. The lowest BCUT2D eigenvalue weighted by molar-refractivity contribution is -0.122. The molecule has 0 aliphatic carbocycles. The standard InChI is InChI=1S/C20H24ClN3O3/c1-26-18-8-3-13(11-19(18)27-2)9-10-22-20(25)17-12-16(23-24-17)14-4-6-15(21)7-5-14/h3-8,11,16-17,23-24H,9-10,12H2,1-2H3,(H,22,25). The van der Waals surface area contributed by atoms with E-state index in [1.807, 2.05) is 42.5 Å². The van der Waals surface area contributed by atoms with Crippen LogP contribution in [0.5, 0.6) is 11.5 Å². The number of nitrogens with one attached hydrogen (secondary N) is 3. The number of ether oxygens (including phenoxy) is 2. The summed E-state index contributed by atoms with van der Waals surface area (Å²) in [6.45, 7) is 0.554. The van der Waals surface area contributed by atoms with Crippen molar-refractivity contribution in [2.24, 2.45) is 0 Å². The first-order chi connectivity index (χ1) is 13.1. The number of methoxy groups -OCH3 is 2. The van der Waals surface area contributed by atoms with Gasteiger partial charge in [0.1, 0.15) is 6.04 Å². The van der Waals surface area contributed by atoms with Crippen molar-refractivity contribution in [3.8, 4) is 11.5 Å². The van der Waals surface area contributed by atoms with Crippen LogP contribution in [0.4, 0.5) is 0 Å². The monoisotopic (exact) mass is 389 g/mol. The molecule has 27 heavy (non-hydrogen) atoms. The normalized spacial score (nSPS) is 18.9. The van der Waals surface area contributed by atoms with E-state index >= 15 is 0 Å². The van der Waals surface area contributed by atoms with E-state index in [1.165, 1.54) is 0 Å². The lowest BCUT2D eigenvalue weighted by Crippen LogP contribution is -2.43. The fraction of sp³-hybridized carbons (Fsp3) is 0.350. The first kappa shape index (κ1) is 19.5. The second-order valence-electron chi connectivity index (χ2n) is 6.41. The Balaban J connectivity index is 1.48. The van der Waals surface area contributed by atoms with Crippen molar-refractivity contribution < 1.29 is 14.3 Å². The predicted octanol–water partition coefficient (Wildman–Crippen LogP) is 2.62.